The first-order valence-electron chi connectivity index (χ1n) is 6.78. The van der Waals surface area contributed by atoms with E-state index in [1.807, 2.05) is 6.92 Å². The minimum absolute atomic E-state index is 0.0225. The molecule has 0 spiro atoms. The fourth-order valence-corrected chi connectivity index (χ4v) is 2.08. The molecule has 1 aliphatic heterocycles. The van der Waals surface area contributed by atoms with Crippen molar-refractivity contribution < 1.29 is 14.6 Å². The van der Waals surface area contributed by atoms with E-state index in [0.717, 1.165) is 38.7 Å². The van der Waals surface area contributed by atoms with Crippen LogP contribution in [0.5, 0.6) is 0 Å². The molecule has 0 aliphatic carbocycles. The monoisotopic (exact) mass is 243 g/mol. The Morgan fingerprint density at radius 2 is 2.35 bits per heavy atom. The number of aliphatic hydroxyl groups excluding tert-OH is 1. The van der Waals surface area contributed by atoms with Crippen molar-refractivity contribution in [2.45, 2.75) is 64.1 Å². The fraction of sp³-hybridized carbons (Fsp3) is 0.923. The summed E-state index contributed by atoms with van der Waals surface area (Å²) in [6.45, 7) is 3.23. The summed E-state index contributed by atoms with van der Waals surface area (Å²) < 4.78 is 5.56. The second-order valence-electron chi connectivity index (χ2n) is 4.77. The molecule has 100 valence electrons. The third kappa shape index (κ3) is 6.64. The zero-order valence-corrected chi connectivity index (χ0v) is 10.8. The quantitative estimate of drug-likeness (QED) is 0.714. The summed E-state index contributed by atoms with van der Waals surface area (Å²) >= 11 is 0. The predicted molar refractivity (Wildman–Crippen MR) is 66.7 cm³/mol. The Bertz CT molecular complexity index is 215. The van der Waals surface area contributed by atoms with Gasteiger partial charge in [-0.15, -0.1) is 0 Å². The van der Waals surface area contributed by atoms with Crippen LogP contribution in [-0.2, 0) is 9.53 Å². The first-order chi connectivity index (χ1) is 8.22. The van der Waals surface area contributed by atoms with Gasteiger partial charge in [-0.25, -0.2) is 0 Å². The summed E-state index contributed by atoms with van der Waals surface area (Å²) in [5, 5.41) is 12.2. The lowest BCUT2D eigenvalue weighted by atomic mass is 10.0. The highest BCUT2D eigenvalue weighted by Crippen LogP contribution is 2.16. The molecule has 2 N–H and O–H groups in total. The van der Waals surface area contributed by atoms with Crippen molar-refractivity contribution in [1.82, 2.24) is 5.32 Å². The molecule has 0 radical (unpaired) electrons. The molecule has 0 aromatic carbocycles. The van der Waals surface area contributed by atoms with Crippen LogP contribution in [0.15, 0.2) is 0 Å². The molecule has 1 heterocycles. The Balaban J connectivity index is 2.04. The molecule has 17 heavy (non-hydrogen) atoms. The Morgan fingerprint density at radius 1 is 1.53 bits per heavy atom. The Morgan fingerprint density at radius 3 is 3.00 bits per heavy atom. The number of amides is 1. The van der Waals surface area contributed by atoms with Crippen LogP contribution in [0.25, 0.3) is 0 Å². The molecule has 4 heteroatoms. The van der Waals surface area contributed by atoms with E-state index in [9.17, 15) is 9.90 Å². The third-order valence-corrected chi connectivity index (χ3v) is 3.12. The van der Waals surface area contributed by atoms with Crippen LogP contribution in [-0.4, -0.2) is 36.4 Å². The van der Waals surface area contributed by atoms with E-state index >= 15 is 0 Å². The largest absolute Gasteiger partial charge is 0.391 e. The zero-order valence-electron chi connectivity index (χ0n) is 10.8. The van der Waals surface area contributed by atoms with Gasteiger partial charge in [0.25, 0.3) is 0 Å². The molecule has 2 atom stereocenters. The van der Waals surface area contributed by atoms with Gasteiger partial charge in [0.2, 0.25) is 5.91 Å². The van der Waals surface area contributed by atoms with Crippen LogP contribution in [0.4, 0.5) is 0 Å². The topological polar surface area (TPSA) is 58.6 Å². The van der Waals surface area contributed by atoms with Crippen LogP contribution >= 0.6 is 0 Å². The lowest BCUT2D eigenvalue weighted by Crippen LogP contribution is -2.32. The summed E-state index contributed by atoms with van der Waals surface area (Å²) in [7, 11) is 0. The lowest BCUT2D eigenvalue weighted by Gasteiger charge is -2.22. The van der Waals surface area contributed by atoms with Gasteiger partial charge in [0.15, 0.2) is 0 Å². The molecule has 1 aliphatic rings. The van der Waals surface area contributed by atoms with Crippen molar-refractivity contribution in [2.24, 2.45) is 0 Å². The maximum Gasteiger partial charge on any atom is 0.220 e. The van der Waals surface area contributed by atoms with Gasteiger partial charge in [-0.3, -0.25) is 4.79 Å². The second-order valence-corrected chi connectivity index (χ2v) is 4.77. The van der Waals surface area contributed by atoms with Gasteiger partial charge < -0.3 is 15.2 Å². The number of carbonyl (C=O) groups is 1. The number of carbonyl (C=O) groups excluding carboxylic acids is 1. The summed E-state index contributed by atoms with van der Waals surface area (Å²) in [6.07, 6.45) is 6.27. The highest BCUT2D eigenvalue weighted by atomic mass is 16.5. The van der Waals surface area contributed by atoms with E-state index in [4.69, 9.17) is 4.74 Å². The molecule has 1 fully saturated rings. The lowest BCUT2D eigenvalue weighted by molar-refractivity contribution is -0.122. The number of nitrogens with one attached hydrogen (secondary N) is 1. The van der Waals surface area contributed by atoms with E-state index < -0.39 is 6.10 Å². The van der Waals surface area contributed by atoms with Gasteiger partial charge in [-0.1, -0.05) is 13.3 Å². The van der Waals surface area contributed by atoms with Gasteiger partial charge in [0.1, 0.15) is 0 Å². The van der Waals surface area contributed by atoms with Gasteiger partial charge in [0.05, 0.1) is 12.2 Å². The van der Waals surface area contributed by atoms with E-state index in [1.165, 1.54) is 6.42 Å². The highest BCUT2D eigenvalue weighted by molar-refractivity contribution is 5.75. The SMILES string of the molecule is CCCC(O)CNC(=O)CCC1CCCCO1. The maximum absolute atomic E-state index is 11.5. The Kier molecular flexibility index (Phi) is 7.21. The third-order valence-electron chi connectivity index (χ3n) is 3.12. The normalized spacial score (nSPS) is 22.1. The van der Waals surface area contributed by atoms with Gasteiger partial charge in [0, 0.05) is 19.6 Å². The number of hydrogen-bond donors (Lipinski definition) is 2. The van der Waals surface area contributed by atoms with Crippen molar-refractivity contribution in [2.75, 3.05) is 13.2 Å². The molecule has 1 saturated heterocycles. The van der Waals surface area contributed by atoms with Crippen LogP contribution in [0.2, 0.25) is 0 Å². The summed E-state index contributed by atoms with van der Waals surface area (Å²) in [6, 6.07) is 0. The number of hydrogen-bond acceptors (Lipinski definition) is 3. The number of ether oxygens (including phenoxy) is 1. The average Bonchev–Trinajstić information content (AvgIpc) is 2.35. The molecular weight excluding hydrogens is 218 g/mol. The van der Waals surface area contributed by atoms with E-state index in [1.54, 1.807) is 0 Å². The zero-order chi connectivity index (χ0) is 12.5. The summed E-state index contributed by atoms with van der Waals surface area (Å²) in [5.41, 5.74) is 0. The smallest absolute Gasteiger partial charge is 0.220 e. The number of aliphatic hydroxyl groups is 1. The Hall–Kier alpha value is -0.610. The molecule has 0 aromatic heterocycles. The van der Waals surface area contributed by atoms with Crippen LogP contribution in [0.3, 0.4) is 0 Å². The molecule has 1 rings (SSSR count). The molecule has 4 nitrogen and oxygen atoms in total. The first-order valence-corrected chi connectivity index (χ1v) is 6.78. The first kappa shape index (κ1) is 14.5. The molecular formula is C13H25NO3. The number of rotatable bonds is 7. The molecule has 0 aromatic rings. The predicted octanol–water partition coefficient (Wildman–Crippen LogP) is 1.61. The van der Waals surface area contributed by atoms with Crippen molar-refractivity contribution in [3.63, 3.8) is 0 Å². The standard InChI is InChI=1S/C13H25NO3/c1-2-5-11(15)10-14-13(16)8-7-12-6-3-4-9-17-12/h11-12,15H,2-10H2,1H3,(H,14,16). The van der Waals surface area contributed by atoms with Gasteiger partial charge >= 0.3 is 0 Å². The van der Waals surface area contributed by atoms with Crippen molar-refractivity contribution >= 4 is 5.91 Å². The summed E-state index contributed by atoms with van der Waals surface area (Å²) in [5.74, 6) is 0.0225. The van der Waals surface area contributed by atoms with Gasteiger partial charge in [-0.05, 0) is 32.1 Å². The van der Waals surface area contributed by atoms with E-state index in [0.29, 0.717) is 13.0 Å². The van der Waals surface area contributed by atoms with Crippen LogP contribution in [0, 0.1) is 0 Å². The molecule has 0 saturated carbocycles. The molecule has 2 unspecified atom stereocenters. The van der Waals surface area contributed by atoms with E-state index in [2.05, 4.69) is 5.32 Å². The van der Waals surface area contributed by atoms with Crippen LogP contribution < -0.4 is 5.32 Å². The fourth-order valence-electron chi connectivity index (χ4n) is 2.08. The minimum Gasteiger partial charge on any atom is -0.391 e. The van der Waals surface area contributed by atoms with Crippen LogP contribution in [0.1, 0.15) is 51.9 Å². The maximum atomic E-state index is 11.5. The van der Waals surface area contributed by atoms with Crippen molar-refractivity contribution in [3.05, 3.63) is 0 Å². The summed E-state index contributed by atoms with van der Waals surface area (Å²) in [4.78, 5) is 11.5. The Labute approximate surface area is 104 Å². The average molecular weight is 243 g/mol. The van der Waals surface area contributed by atoms with Crippen molar-refractivity contribution in [1.29, 1.82) is 0 Å². The minimum atomic E-state index is -0.408. The highest BCUT2D eigenvalue weighted by Gasteiger charge is 2.15. The van der Waals surface area contributed by atoms with Crippen molar-refractivity contribution in [3.8, 4) is 0 Å². The van der Waals surface area contributed by atoms with Gasteiger partial charge in [-0.2, -0.15) is 0 Å². The second kappa shape index (κ2) is 8.48. The molecule has 1 amide bonds. The van der Waals surface area contributed by atoms with E-state index in [-0.39, 0.29) is 12.0 Å². The molecule has 0 bridgehead atoms.